The lowest BCUT2D eigenvalue weighted by Gasteiger charge is -2.07. The molecule has 26 heavy (non-hydrogen) atoms. The van der Waals surface area contributed by atoms with Crippen molar-refractivity contribution in [3.63, 3.8) is 0 Å². The Kier molecular flexibility index (Phi) is 17.0. The van der Waals surface area contributed by atoms with E-state index in [2.05, 4.69) is 31.2 Å². The van der Waals surface area contributed by atoms with Gasteiger partial charge in [-0.2, -0.15) is 0 Å². The van der Waals surface area contributed by atoms with Crippen LogP contribution in [0.15, 0.2) is 24.3 Å². The first-order valence-electron chi connectivity index (χ1n) is 10.0. The minimum Gasteiger partial charge on any atom is -0.462 e. The molecule has 0 saturated heterocycles. The molecule has 1 amide bonds. The summed E-state index contributed by atoms with van der Waals surface area (Å²) in [6, 6.07) is 0. The van der Waals surface area contributed by atoms with Crippen molar-refractivity contribution in [3.8, 4) is 0 Å². The van der Waals surface area contributed by atoms with E-state index in [1.54, 1.807) is 0 Å². The van der Waals surface area contributed by atoms with Gasteiger partial charge in [-0.25, -0.2) is 0 Å². The van der Waals surface area contributed by atoms with E-state index in [1.807, 2.05) is 0 Å². The van der Waals surface area contributed by atoms with Crippen molar-refractivity contribution >= 4 is 11.9 Å². The zero-order valence-electron chi connectivity index (χ0n) is 16.3. The Labute approximate surface area is 158 Å². The van der Waals surface area contributed by atoms with Gasteiger partial charge in [-0.05, 0) is 38.5 Å². The molecule has 150 valence electrons. The Morgan fingerprint density at radius 2 is 1.50 bits per heavy atom. The number of nitrogens with two attached hydrogens (primary N) is 1. The second-order valence-electron chi connectivity index (χ2n) is 6.58. The summed E-state index contributed by atoms with van der Waals surface area (Å²) >= 11 is 0. The van der Waals surface area contributed by atoms with Crippen LogP contribution in [-0.2, 0) is 14.3 Å². The van der Waals surface area contributed by atoms with E-state index in [1.165, 1.54) is 32.1 Å². The lowest BCUT2D eigenvalue weighted by Crippen LogP contribution is -2.33. The number of amides is 1. The summed E-state index contributed by atoms with van der Waals surface area (Å²) in [7, 11) is 0. The lowest BCUT2D eigenvalue weighted by atomic mass is 10.1. The third-order valence-corrected chi connectivity index (χ3v) is 4.06. The summed E-state index contributed by atoms with van der Waals surface area (Å²) in [4.78, 5) is 22.0. The van der Waals surface area contributed by atoms with Crippen molar-refractivity contribution in [3.05, 3.63) is 24.3 Å². The number of rotatable bonds is 17. The largest absolute Gasteiger partial charge is 0.462 e. The van der Waals surface area contributed by atoms with Gasteiger partial charge in [0.2, 0.25) is 5.91 Å². The Bertz CT molecular complexity index is 418. The first kappa shape index (κ1) is 24.4. The van der Waals surface area contributed by atoms with Crippen LogP contribution < -0.4 is 5.73 Å². The number of carbonyl (C=O) groups excluding carboxylic acids is 2. The quantitative estimate of drug-likeness (QED) is 0.229. The smallest absolute Gasteiger partial charge is 0.305 e. The highest BCUT2D eigenvalue weighted by molar-refractivity contribution is 5.79. The van der Waals surface area contributed by atoms with Gasteiger partial charge in [0.05, 0.1) is 0 Å². The fourth-order valence-electron chi connectivity index (χ4n) is 2.41. The highest BCUT2D eigenvalue weighted by Crippen LogP contribution is 2.08. The van der Waals surface area contributed by atoms with Crippen molar-refractivity contribution in [2.75, 3.05) is 6.61 Å². The Morgan fingerprint density at radius 1 is 0.923 bits per heavy atom. The van der Waals surface area contributed by atoms with Crippen molar-refractivity contribution in [2.24, 2.45) is 5.73 Å². The van der Waals surface area contributed by atoms with E-state index in [0.717, 1.165) is 38.5 Å². The molecular formula is C21H37NO4. The van der Waals surface area contributed by atoms with Gasteiger partial charge >= 0.3 is 5.97 Å². The highest BCUT2D eigenvalue weighted by atomic mass is 16.5. The second kappa shape index (κ2) is 18.2. The maximum Gasteiger partial charge on any atom is 0.305 e. The predicted octanol–water partition coefficient (Wildman–Crippen LogP) is 4.19. The van der Waals surface area contributed by atoms with Gasteiger partial charge in [-0.1, -0.05) is 63.3 Å². The molecule has 1 unspecified atom stereocenters. The monoisotopic (exact) mass is 367 g/mol. The molecule has 0 aliphatic rings. The zero-order chi connectivity index (χ0) is 19.5. The summed E-state index contributed by atoms with van der Waals surface area (Å²) < 4.78 is 4.78. The van der Waals surface area contributed by atoms with Crippen LogP contribution in [-0.4, -0.2) is 29.7 Å². The first-order valence-corrected chi connectivity index (χ1v) is 10.0. The number of aliphatic hydroxyl groups is 1. The molecule has 0 fully saturated rings. The highest BCUT2D eigenvalue weighted by Gasteiger charge is 2.13. The van der Waals surface area contributed by atoms with Gasteiger partial charge in [0.25, 0.3) is 0 Å². The standard InChI is InChI=1S/C21H37NO4/c1-2-3-4-5-6-7-8-9-10-11-12-13-14-15-16-17-20(24)26-18-19(23)21(22)25/h6-7,9-10,19,23H,2-5,8,11-18H2,1H3,(H2,22,25)/b7-6-,10-9-. The zero-order valence-corrected chi connectivity index (χ0v) is 16.3. The number of primary amides is 1. The van der Waals surface area contributed by atoms with Gasteiger partial charge in [0, 0.05) is 6.42 Å². The average Bonchev–Trinajstić information content (AvgIpc) is 2.62. The van der Waals surface area contributed by atoms with E-state index in [9.17, 15) is 9.59 Å². The SMILES string of the molecule is CCCCC/C=C\C/C=C\CCCCCCCC(=O)OCC(O)C(N)=O. The van der Waals surface area contributed by atoms with E-state index >= 15 is 0 Å². The fourth-order valence-corrected chi connectivity index (χ4v) is 2.41. The van der Waals surface area contributed by atoms with Crippen LogP contribution in [0.3, 0.4) is 0 Å². The summed E-state index contributed by atoms with van der Waals surface area (Å²) in [6.07, 6.45) is 20.3. The molecular weight excluding hydrogens is 330 g/mol. The predicted molar refractivity (Wildman–Crippen MR) is 106 cm³/mol. The van der Waals surface area contributed by atoms with Crippen molar-refractivity contribution in [1.29, 1.82) is 0 Å². The molecule has 0 aliphatic heterocycles. The third kappa shape index (κ3) is 17.2. The maximum atomic E-state index is 11.4. The van der Waals surface area contributed by atoms with Gasteiger partial charge in [0.15, 0.2) is 6.10 Å². The first-order chi connectivity index (χ1) is 12.6. The summed E-state index contributed by atoms with van der Waals surface area (Å²) in [5.74, 6) is -1.27. The van der Waals surface area contributed by atoms with Crippen LogP contribution in [0.2, 0.25) is 0 Å². The molecule has 5 nitrogen and oxygen atoms in total. The van der Waals surface area contributed by atoms with Crippen LogP contribution in [0.5, 0.6) is 0 Å². The summed E-state index contributed by atoms with van der Waals surface area (Å²) in [5, 5.41) is 9.12. The molecule has 0 aromatic heterocycles. The topological polar surface area (TPSA) is 89.6 Å². The van der Waals surface area contributed by atoms with Crippen LogP contribution in [0.25, 0.3) is 0 Å². The summed E-state index contributed by atoms with van der Waals surface area (Å²) in [5.41, 5.74) is 4.87. The van der Waals surface area contributed by atoms with Crippen molar-refractivity contribution < 1.29 is 19.4 Å². The number of aliphatic hydroxyl groups excluding tert-OH is 1. The number of allylic oxidation sites excluding steroid dienone is 4. The number of ether oxygens (including phenoxy) is 1. The Morgan fingerprint density at radius 3 is 2.12 bits per heavy atom. The van der Waals surface area contributed by atoms with Crippen LogP contribution in [0, 0.1) is 0 Å². The van der Waals surface area contributed by atoms with E-state index in [-0.39, 0.29) is 6.61 Å². The van der Waals surface area contributed by atoms with Gasteiger partial charge in [-0.3, -0.25) is 9.59 Å². The third-order valence-electron chi connectivity index (χ3n) is 4.06. The molecule has 0 radical (unpaired) electrons. The molecule has 0 spiro atoms. The molecule has 0 aromatic rings. The van der Waals surface area contributed by atoms with Gasteiger partial charge in [0.1, 0.15) is 6.61 Å². The van der Waals surface area contributed by atoms with Crippen LogP contribution in [0.4, 0.5) is 0 Å². The molecule has 0 rings (SSSR count). The fraction of sp³-hybridized carbons (Fsp3) is 0.714. The molecule has 1 atom stereocenters. The molecule has 5 heteroatoms. The normalized spacial score (nSPS) is 12.7. The molecule has 0 aromatic carbocycles. The van der Waals surface area contributed by atoms with E-state index in [4.69, 9.17) is 15.6 Å². The minimum absolute atomic E-state index is 0.315. The van der Waals surface area contributed by atoms with Gasteiger partial charge < -0.3 is 15.6 Å². The number of hydrogen-bond donors (Lipinski definition) is 2. The molecule has 3 N–H and O–H groups in total. The van der Waals surface area contributed by atoms with E-state index in [0.29, 0.717) is 6.42 Å². The molecule has 0 bridgehead atoms. The lowest BCUT2D eigenvalue weighted by molar-refractivity contribution is -0.148. The van der Waals surface area contributed by atoms with Crippen LogP contribution >= 0.6 is 0 Å². The van der Waals surface area contributed by atoms with Crippen molar-refractivity contribution in [2.45, 2.75) is 90.1 Å². The molecule has 0 saturated carbocycles. The van der Waals surface area contributed by atoms with Gasteiger partial charge in [-0.15, -0.1) is 0 Å². The number of carbonyl (C=O) groups is 2. The van der Waals surface area contributed by atoms with Crippen LogP contribution in [0.1, 0.15) is 84.0 Å². The number of unbranched alkanes of at least 4 members (excludes halogenated alkanes) is 8. The maximum absolute atomic E-state index is 11.4. The minimum atomic E-state index is -1.41. The van der Waals surface area contributed by atoms with Crippen molar-refractivity contribution in [1.82, 2.24) is 0 Å². The average molecular weight is 368 g/mol. The van der Waals surface area contributed by atoms with E-state index < -0.39 is 18.0 Å². The number of esters is 1. The Hall–Kier alpha value is -1.62. The molecule has 0 aliphatic carbocycles. The second-order valence-corrected chi connectivity index (χ2v) is 6.58. The molecule has 0 heterocycles. The number of hydrogen-bond acceptors (Lipinski definition) is 4. The Balaban J connectivity index is 3.36. The summed E-state index contributed by atoms with van der Waals surface area (Å²) in [6.45, 7) is 1.87.